The Bertz CT molecular complexity index is 910. The summed E-state index contributed by atoms with van der Waals surface area (Å²) in [5, 5.41) is 2.80. The molecule has 2 aromatic carbocycles. The van der Waals surface area contributed by atoms with Gasteiger partial charge in [-0.2, -0.15) is 0 Å². The number of aryl methyl sites for hydroxylation is 1. The molecule has 0 radical (unpaired) electrons. The van der Waals surface area contributed by atoms with Crippen molar-refractivity contribution in [2.24, 2.45) is 0 Å². The molecule has 26 heavy (non-hydrogen) atoms. The van der Waals surface area contributed by atoms with Crippen molar-refractivity contribution in [3.8, 4) is 0 Å². The number of carbonyl (C=O) groups is 2. The molecule has 0 spiro atoms. The van der Waals surface area contributed by atoms with Gasteiger partial charge in [-0.05, 0) is 48.4 Å². The Balaban J connectivity index is 1.69. The van der Waals surface area contributed by atoms with E-state index in [1.807, 2.05) is 55.5 Å². The quantitative estimate of drug-likeness (QED) is 0.550. The van der Waals surface area contributed by atoms with E-state index in [9.17, 15) is 9.59 Å². The standard InChI is InChI=1S/C19H15BrN2O2S2/c1-12-3-2-4-15(9-12)21-17(23)11-22-18(24)16(26-19(22)25)10-13-5-7-14(20)8-6-13/h2-10H,11H2,1H3,(H,21,23)/b16-10-. The number of halogens is 1. The molecule has 1 aliphatic heterocycles. The molecule has 0 saturated carbocycles. The van der Waals surface area contributed by atoms with E-state index in [2.05, 4.69) is 21.2 Å². The molecule has 1 saturated heterocycles. The summed E-state index contributed by atoms with van der Waals surface area (Å²) in [6, 6.07) is 15.1. The first-order chi connectivity index (χ1) is 12.4. The number of amides is 2. The van der Waals surface area contributed by atoms with Gasteiger partial charge < -0.3 is 5.32 Å². The van der Waals surface area contributed by atoms with Crippen molar-refractivity contribution in [1.82, 2.24) is 4.90 Å². The van der Waals surface area contributed by atoms with Gasteiger partial charge in [-0.1, -0.05) is 64.2 Å². The van der Waals surface area contributed by atoms with E-state index in [4.69, 9.17) is 12.2 Å². The Morgan fingerprint density at radius 3 is 2.69 bits per heavy atom. The molecule has 1 fully saturated rings. The lowest BCUT2D eigenvalue weighted by Crippen LogP contribution is -2.36. The van der Waals surface area contributed by atoms with Crippen molar-refractivity contribution in [3.63, 3.8) is 0 Å². The molecule has 3 rings (SSSR count). The lowest BCUT2D eigenvalue weighted by molar-refractivity contribution is -0.126. The molecule has 4 nitrogen and oxygen atoms in total. The number of hydrogen-bond acceptors (Lipinski definition) is 4. The molecule has 7 heteroatoms. The normalized spacial score (nSPS) is 15.6. The van der Waals surface area contributed by atoms with Crippen molar-refractivity contribution in [3.05, 3.63) is 69.0 Å². The van der Waals surface area contributed by atoms with E-state index in [0.717, 1.165) is 15.6 Å². The number of hydrogen-bond donors (Lipinski definition) is 1. The monoisotopic (exact) mass is 446 g/mol. The van der Waals surface area contributed by atoms with E-state index in [1.165, 1.54) is 16.7 Å². The van der Waals surface area contributed by atoms with Crippen LogP contribution in [0, 0.1) is 6.92 Å². The summed E-state index contributed by atoms with van der Waals surface area (Å²) in [6.07, 6.45) is 1.78. The Morgan fingerprint density at radius 2 is 2.00 bits per heavy atom. The summed E-state index contributed by atoms with van der Waals surface area (Å²) in [7, 11) is 0. The highest BCUT2D eigenvalue weighted by Crippen LogP contribution is 2.32. The second kappa shape index (κ2) is 8.16. The Labute approximate surface area is 169 Å². The average Bonchev–Trinajstić information content (AvgIpc) is 2.84. The maximum atomic E-state index is 12.6. The molecule has 1 N–H and O–H groups in total. The second-order valence-electron chi connectivity index (χ2n) is 5.74. The van der Waals surface area contributed by atoms with E-state index in [0.29, 0.717) is 14.9 Å². The van der Waals surface area contributed by atoms with E-state index >= 15 is 0 Å². The smallest absolute Gasteiger partial charge is 0.266 e. The topological polar surface area (TPSA) is 49.4 Å². The fourth-order valence-electron chi connectivity index (χ4n) is 2.41. The van der Waals surface area contributed by atoms with Crippen molar-refractivity contribution in [1.29, 1.82) is 0 Å². The lowest BCUT2D eigenvalue weighted by atomic mass is 10.2. The number of thioether (sulfide) groups is 1. The fourth-order valence-corrected chi connectivity index (χ4v) is 3.93. The molecule has 1 aliphatic rings. The molecule has 132 valence electrons. The molecule has 2 amide bonds. The van der Waals surface area contributed by atoms with Crippen LogP contribution in [0.5, 0.6) is 0 Å². The van der Waals surface area contributed by atoms with Gasteiger partial charge in [0.25, 0.3) is 5.91 Å². The lowest BCUT2D eigenvalue weighted by Gasteiger charge is -2.14. The molecular formula is C19H15BrN2O2S2. The molecule has 2 aromatic rings. The van der Waals surface area contributed by atoms with Gasteiger partial charge in [-0.3, -0.25) is 14.5 Å². The number of thiocarbonyl (C=S) groups is 1. The van der Waals surface area contributed by atoms with Gasteiger partial charge in [-0.25, -0.2) is 0 Å². The number of benzene rings is 2. The van der Waals surface area contributed by atoms with E-state index in [1.54, 1.807) is 6.08 Å². The highest BCUT2D eigenvalue weighted by atomic mass is 79.9. The van der Waals surface area contributed by atoms with Crippen LogP contribution in [0.15, 0.2) is 57.9 Å². The molecular weight excluding hydrogens is 432 g/mol. The van der Waals surface area contributed by atoms with Crippen LogP contribution in [0.25, 0.3) is 6.08 Å². The van der Waals surface area contributed by atoms with Gasteiger partial charge in [0.15, 0.2) is 0 Å². The van der Waals surface area contributed by atoms with E-state index < -0.39 is 0 Å². The zero-order valence-electron chi connectivity index (χ0n) is 13.9. The second-order valence-corrected chi connectivity index (χ2v) is 8.33. The summed E-state index contributed by atoms with van der Waals surface area (Å²) in [6.45, 7) is 1.85. The Kier molecular flexibility index (Phi) is 5.90. The Hall–Kier alpha value is -1.96. The fraction of sp³-hybridized carbons (Fsp3) is 0.105. The number of nitrogens with zero attached hydrogens (tertiary/aromatic N) is 1. The number of anilines is 1. The maximum absolute atomic E-state index is 12.6. The van der Waals surface area contributed by atoms with Gasteiger partial charge in [0.2, 0.25) is 5.91 Å². The predicted molar refractivity (Wildman–Crippen MR) is 114 cm³/mol. The molecule has 0 aliphatic carbocycles. The van der Waals surface area contributed by atoms with Crippen LogP contribution in [0.3, 0.4) is 0 Å². The van der Waals surface area contributed by atoms with Crippen molar-refractivity contribution in [2.75, 3.05) is 11.9 Å². The van der Waals surface area contributed by atoms with Gasteiger partial charge in [0.1, 0.15) is 10.9 Å². The Morgan fingerprint density at radius 1 is 1.27 bits per heavy atom. The average molecular weight is 447 g/mol. The van der Waals surface area contributed by atoms with Gasteiger partial charge in [-0.15, -0.1) is 0 Å². The zero-order valence-corrected chi connectivity index (χ0v) is 17.1. The van der Waals surface area contributed by atoms with Crippen molar-refractivity contribution >= 4 is 67.8 Å². The third-order valence-corrected chi connectivity index (χ3v) is 5.55. The first-order valence-electron chi connectivity index (χ1n) is 7.80. The molecule has 0 aromatic heterocycles. The minimum absolute atomic E-state index is 0.101. The SMILES string of the molecule is Cc1cccc(NC(=O)CN2C(=O)/C(=C/c3ccc(Br)cc3)SC2=S)c1. The van der Waals surface area contributed by atoms with Crippen molar-refractivity contribution in [2.45, 2.75) is 6.92 Å². The van der Waals surface area contributed by atoms with Crippen LogP contribution in [-0.2, 0) is 9.59 Å². The first-order valence-corrected chi connectivity index (χ1v) is 9.81. The van der Waals surface area contributed by atoms with Crippen LogP contribution in [0.4, 0.5) is 5.69 Å². The van der Waals surface area contributed by atoms with Crippen LogP contribution >= 0.6 is 39.9 Å². The van der Waals surface area contributed by atoms with Crippen LogP contribution in [0.2, 0.25) is 0 Å². The van der Waals surface area contributed by atoms with Gasteiger partial charge in [0, 0.05) is 10.2 Å². The molecule has 0 bridgehead atoms. The van der Waals surface area contributed by atoms with Gasteiger partial charge in [0.05, 0.1) is 4.91 Å². The van der Waals surface area contributed by atoms with Crippen LogP contribution in [0.1, 0.15) is 11.1 Å². The summed E-state index contributed by atoms with van der Waals surface area (Å²) < 4.78 is 1.35. The molecule has 1 heterocycles. The van der Waals surface area contributed by atoms with Crippen molar-refractivity contribution < 1.29 is 9.59 Å². The summed E-state index contributed by atoms with van der Waals surface area (Å²) in [5.74, 6) is -0.529. The first kappa shape index (κ1) is 18.8. The van der Waals surface area contributed by atoms with Crippen LogP contribution < -0.4 is 5.32 Å². The highest BCUT2D eigenvalue weighted by molar-refractivity contribution is 9.10. The number of rotatable bonds is 4. The minimum atomic E-state index is -0.281. The molecule has 0 atom stereocenters. The highest BCUT2D eigenvalue weighted by Gasteiger charge is 2.33. The molecule has 0 unspecified atom stereocenters. The third kappa shape index (κ3) is 4.60. The maximum Gasteiger partial charge on any atom is 0.266 e. The van der Waals surface area contributed by atoms with Crippen LogP contribution in [-0.4, -0.2) is 27.6 Å². The summed E-state index contributed by atoms with van der Waals surface area (Å²) in [5.41, 5.74) is 2.65. The van der Waals surface area contributed by atoms with E-state index in [-0.39, 0.29) is 18.4 Å². The number of nitrogens with one attached hydrogen (secondary N) is 1. The zero-order chi connectivity index (χ0) is 18.7. The predicted octanol–water partition coefficient (Wildman–Crippen LogP) is 4.60. The third-order valence-electron chi connectivity index (χ3n) is 3.64. The number of carbonyl (C=O) groups excluding carboxylic acids is 2. The van der Waals surface area contributed by atoms with Gasteiger partial charge >= 0.3 is 0 Å². The summed E-state index contributed by atoms with van der Waals surface area (Å²) in [4.78, 5) is 26.7. The minimum Gasteiger partial charge on any atom is -0.325 e. The largest absolute Gasteiger partial charge is 0.325 e. The summed E-state index contributed by atoms with van der Waals surface area (Å²) >= 11 is 9.87.